The van der Waals surface area contributed by atoms with E-state index in [0.29, 0.717) is 5.75 Å². The zero-order chi connectivity index (χ0) is 11.6. The topological polar surface area (TPSA) is 9.23 Å². The van der Waals surface area contributed by atoms with E-state index in [2.05, 4.69) is 0 Å². The van der Waals surface area contributed by atoms with Crippen LogP contribution in [0.25, 0.3) is 0 Å². The van der Waals surface area contributed by atoms with E-state index in [4.69, 9.17) is 16.3 Å². The van der Waals surface area contributed by atoms with Crippen molar-refractivity contribution < 1.29 is 13.5 Å². The summed E-state index contributed by atoms with van der Waals surface area (Å²) in [6.07, 6.45) is 0. The first-order chi connectivity index (χ1) is 6.89. The average Bonchev–Trinajstić information content (AvgIpc) is 2.17. The molecule has 0 N–H and O–H groups in total. The maximum absolute atomic E-state index is 13.6. The highest BCUT2D eigenvalue weighted by molar-refractivity contribution is 6.32. The Labute approximate surface area is 93.0 Å². The lowest BCUT2D eigenvalue weighted by molar-refractivity contribution is -0.0514. The van der Waals surface area contributed by atoms with Crippen molar-refractivity contribution >= 4 is 11.6 Å². The van der Waals surface area contributed by atoms with Crippen molar-refractivity contribution in [1.29, 1.82) is 0 Å². The molecule has 0 aliphatic carbocycles. The lowest BCUT2D eigenvalue weighted by Crippen LogP contribution is -2.20. The predicted molar refractivity (Wildman–Crippen MR) is 56.7 cm³/mol. The average molecular weight is 235 g/mol. The minimum atomic E-state index is -2.87. The molecular formula is C11H13ClF2O. The summed E-state index contributed by atoms with van der Waals surface area (Å²) in [5.41, 5.74) is -0.0803. The van der Waals surface area contributed by atoms with Gasteiger partial charge in [0.1, 0.15) is 5.75 Å². The summed E-state index contributed by atoms with van der Waals surface area (Å²) >= 11 is 5.78. The Bertz CT molecular complexity index is 350. The first-order valence-corrected chi connectivity index (χ1v) is 4.99. The minimum absolute atomic E-state index is 0.0803. The van der Waals surface area contributed by atoms with E-state index in [-0.39, 0.29) is 10.6 Å². The van der Waals surface area contributed by atoms with Crippen LogP contribution in [0.5, 0.6) is 5.75 Å². The molecule has 0 atom stereocenters. The standard InChI is InChI=1S/C11H13ClF2O/c1-7(2)11(13,14)8-4-5-10(15-3)9(12)6-8/h4-7H,1-3H3. The summed E-state index contributed by atoms with van der Waals surface area (Å²) in [7, 11) is 1.45. The molecule has 0 radical (unpaired) electrons. The SMILES string of the molecule is COc1ccc(C(F)(F)C(C)C)cc1Cl. The summed E-state index contributed by atoms with van der Waals surface area (Å²) in [5, 5.41) is 0.204. The van der Waals surface area contributed by atoms with Crippen LogP contribution in [0, 0.1) is 5.92 Å². The molecule has 15 heavy (non-hydrogen) atoms. The maximum atomic E-state index is 13.6. The monoisotopic (exact) mass is 234 g/mol. The van der Waals surface area contributed by atoms with Gasteiger partial charge in [-0.15, -0.1) is 0 Å². The molecule has 0 bridgehead atoms. The Morgan fingerprint density at radius 1 is 1.33 bits per heavy atom. The lowest BCUT2D eigenvalue weighted by Gasteiger charge is -2.21. The number of benzene rings is 1. The molecule has 1 aromatic carbocycles. The normalized spacial score (nSPS) is 11.9. The van der Waals surface area contributed by atoms with Crippen LogP contribution < -0.4 is 4.74 Å². The fraction of sp³-hybridized carbons (Fsp3) is 0.455. The molecule has 0 amide bonds. The first-order valence-electron chi connectivity index (χ1n) is 4.61. The Morgan fingerprint density at radius 2 is 1.93 bits per heavy atom. The van der Waals surface area contributed by atoms with E-state index in [1.165, 1.54) is 39.2 Å². The van der Waals surface area contributed by atoms with Gasteiger partial charge in [0.2, 0.25) is 0 Å². The molecule has 1 rings (SSSR count). The number of hydrogen-bond donors (Lipinski definition) is 0. The highest BCUT2D eigenvalue weighted by atomic mass is 35.5. The first kappa shape index (κ1) is 12.2. The van der Waals surface area contributed by atoms with Crippen LogP contribution in [0.2, 0.25) is 5.02 Å². The fourth-order valence-electron chi connectivity index (χ4n) is 1.21. The number of ether oxygens (including phenoxy) is 1. The largest absolute Gasteiger partial charge is 0.495 e. The molecule has 0 heterocycles. The second-order valence-electron chi connectivity index (χ2n) is 3.63. The van der Waals surface area contributed by atoms with Gasteiger partial charge in [0.15, 0.2) is 0 Å². The second-order valence-corrected chi connectivity index (χ2v) is 4.03. The number of alkyl halides is 2. The summed E-state index contributed by atoms with van der Waals surface area (Å²) in [4.78, 5) is 0. The lowest BCUT2D eigenvalue weighted by atomic mass is 9.98. The second kappa shape index (κ2) is 4.35. The third kappa shape index (κ3) is 2.40. The van der Waals surface area contributed by atoms with Crippen molar-refractivity contribution in [3.05, 3.63) is 28.8 Å². The van der Waals surface area contributed by atoms with Crippen molar-refractivity contribution in [2.24, 2.45) is 5.92 Å². The molecular weight excluding hydrogens is 222 g/mol. The number of rotatable bonds is 3. The highest BCUT2D eigenvalue weighted by Gasteiger charge is 2.35. The van der Waals surface area contributed by atoms with Crippen molar-refractivity contribution in [2.75, 3.05) is 7.11 Å². The molecule has 0 saturated carbocycles. The zero-order valence-corrected chi connectivity index (χ0v) is 9.61. The van der Waals surface area contributed by atoms with E-state index in [1.807, 2.05) is 0 Å². The Hall–Kier alpha value is -0.830. The molecule has 0 aromatic heterocycles. The maximum Gasteiger partial charge on any atom is 0.275 e. The van der Waals surface area contributed by atoms with E-state index in [0.717, 1.165) is 0 Å². The van der Waals surface area contributed by atoms with E-state index < -0.39 is 11.8 Å². The molecule has 1 aromatic rings. The number of hydrogen-bond acceptors (Lipinski definition) is 1. The van der Waals surface area contributed by atoms with Crippen molar-refractivity contribution in [1.82, 2.24) is 0 Å². The van der Waals surface area contributed by atoms with Crippen LogP contribution in [-0.4, -0.2) is 7.11 Å². The summed E-state index contributed by atoms with van der Waals surface area (Å²) in [5.74, 6) is -3.22. The summed E-state index contributed by atoms with van der Waals surface area (Å²) < 4.78 is 32.1. The van der Waals surface area contributed by atoms with Gasteiger partial charge in [0.05, 0.1) is 12.1 Å². The van der Waals surface area contributed by atoms with Gasteiger partial charge in [0, 0.05) is 11.5 Å². The van der Waals surface area contributed by atoms with Gasteiger partial charge in [-0.1, -0.05) is 25.4 Å². The minimum Gasteiger partial charge on any atom is -0.495 e. The molecule has 84 valence electrons. The van der Waals surface area contributed by atoms with E-state index in [9.17, 15) is 8.78 Å². The molecule has 0 spiro atoms. The third-order valence-corrected chi connectivity index (χ3v) is 2.56. The Balaban J connectivity index is 3.12. The number of methoxy groups -OCH3 is 1. The van der Waals surface area contributed by atoms with Crippen molar-refractivity contribution in [3.8, 4) is 5.75 Å². The van der Waals surface area contributed by atoms with E-state index >= 15 is 0 Å². The van der Waals surface area contributed by atoms with Crippen LogP contribution in [0.3, 0.4) is 0 Å². The van der Waals surface area contributed by atoms with Gasteiger partial charge in [-0.2, -0.15) is 0 Å². The van der Waals surface area contributed by atoms with Crippen molar-refractivity contribution in [2.45, 2.75) is 19.8 Å². The summed E-state index contributed by atoms with van der Waals surface area (Å²) in [6, 6.07) is 4.04. The van der Waals surface area contributed by atoms with Gasteiger partial charge in [0.25, 0.3) is 5.92 Å². The van der Waals surface area contributed by atoms with Gasteiger partial charge < -0.3 is 4.74 Å². The molecule has 0 unspecified atom stereocenters. The fourth-order valence-corrected chi connectivity index (χ4v) is 1.46. The van der Waals surface area contributed by atoms with Gasteiger partial charge in [-0.05, 0) is 18.2 Å². The third-order valence-electron chi connectivity index (χ3n) is 2.26. The smallest absolute Gasteiger partial charge is 0.275 e. The zero-order valence-electron chi connectivity index (χ0n) is 8.85. The molecule has 1 nitrogen and oxygen atoms in total. The predicted octanol–water partition coefficient (Wildman–Crippen LogP) is 4.10. The molecule has 0 aliphatic heterocycles. The van der Waals surface area contributed by atoms with Crippen LogP contribution in [0.4, 0.5) is 8.78 Å². The molecule has 0 saturated heterocycles. The molecule has 4 heteroatoms. The van der Waals surface area contributed by atoms with Crippen molar-refractivity contribution in [3.63, 3.8) is 0 Å². The van der Waals surface area contributed by atoms with Gasteiger partial charge in [-0.25, -0.2) is 8.78 Å². The van der Waals surface area contributed by atoms with Crippen LogP contribution in [0.1, 0.15) is 19.4 Å². The molecule has 0 fully saturated rings. The van der Waals surface area contributed by atoms with E-state index in [1.54, 1.807) is 0 Å². The number of halogens is 3. The molecule has 0 aliphatic rings. The van der Waals surface area contributed by atoms with Gasteiger partial charge >= 0.3 is 0 Å². The quantitative estimate of drug-likeness (QED) is 0.765. The Morgan fingerprint density at radius 3 is 2.33 bits per heavy atom. The Kier molecular flexibility index (Phi) is 3.55. The van der Waals surface area contributed by atoms with Crippen LogP contribution in [0.15, 0.2) is 18.2 Å². The summed E-state index contributed by atoms with van der Waals surface area (Å²) in [6.45, 7) is 2.94. The van der Waals surface area contributed by atoms with Crippen LogP contribution >= 0.6 is 11.6 Å². The highest BCUT2D eigenvalue weighted by Crippen LogP contribution is 2.38. The van der Waals surface area contributed by atoms with Crippen LogP contribution in [-0.2, 0) is 5.92 Å². The van der Waals surface area contributed by atoms with Gasteiger partial charge in [-0.3, -0.25) is 0 Å².